The van der Waals surface area contributed by atoms with Crippen LogP contribution in [0.5, 0.6) is 0 Å². The molecule has 5 rings (SSSR count). The number of aryl methyl sites for hydroxylation is 1. The van der Waals surface area contributed by atoms with Crippen molar-refractivity contribution in [1.29, 1.82) is 0 Å². The number of sulfonamides is 1. The molecule has 4 aromatic carbocycles. The van der Waals surface area contributed by atoms with E-state index in [9.17, 15) is 13.2 Å². The molecule has 2 N–H and O–H groups in total. The fourth-order valence-electron chi connectivity index (χ4n) is 3.80. The molecule has 0 radical (unpaired) electrons. The van der Waals surface area contributed by atoms with E-state index in [0.717, 1.165) is 28.0 Å². The van der Waals surface area contributed by atoms with Crippen LogP contribution in [-0.2, 0) is 21.5 Å². The molecule has 0 saturated carbocycles. The highest BCUT2D eigenvalue weighted by atomic mass is 35.5. The van der Waals surface area contributed by atoms with Crippen molar-refractivity contribution < 1.29 is 13.2 Å². The van der Waals surface area contributed by atoms with Gasteiger partial charge in [0.25, 0.3) is 15.9 Å². The van der Waals surface area contributed by atoms with Gasteiger partial charge in [-0.2, -0.15) is 0 Å². The maximum Gasteiger partial charge on any atom is 0.264 e. The number of benzene rings is 4. The molecule has 12 heteroatoms. The van der Waals surface area contributed by atoms with Gasteiger partial charge in [-0.25, -0.2) is 8.42 Å². The van der Waals surface area contributed by atoms with E-state index in [1.54, 1.807) is 12.1 Å². The molecule has 214 valence electrons. The fourth-order valence-corrected chi connectivity index (χ4v) is 8.57. The molecule has 0 atom stereocenters. The highest BCUT2D eigenvalue weighted by Gasteiger charge is 2.25. The van der Waals surface area contributed by atoms with Crippen molar-refractivity contribution in [1.82, 2.24) is 10.2 Å². The Kier molecular flexibility index (Phi) is 9.86. The number of nitrogens with zero attached hydrogens (tertiary/aromatic N) is 2. The lowest BCUT2D eigenvalue weighted by molar-refractivity contribution is 0.102. The average Bonchev–Trinajstić information content (AvgIpc) is 3.43. The van der Waals surface area contributed by atoms with Crippen molar-refractivity contribution in [2.75, 3.05) is 10.0 Å². The molecule has 0 aliphatic heterocycles. The summed E-state index contributed by atoms with van der Waals surface area (Å²) < 4.78 is 30.7. The zero-order valence-electron chi connectivity index (χ0n) is 22.3. The van der Waals surface area contributed by atoms with Crippen LogP contribution >= 0.6 is 46.5 Å². The van der Waals surface area contributed by atoms with E-state index in [2.05, 4.69) is 20.2 Å². The zero-order chi connectivity index (χ0) is 29.5. The Morgan fingerprint density at radius 3 is 2.12 bits per heavy atom. The molecule has 0 fully saturated rings. The Morgan fingerprint density at radius 1 is 0.857 bits per heavy atom. The number of carbonyl (C=O) groups is 1. The Labute approximate surface area is 262 Å². The van der Waals surface area contributed by atoms with Crippen LogP contribution in [0.3, 0.4) is 0 Å². The predicted molar refractivity (Wildman–Crippen MR) is 173 cm³/mol. The number of rotatable bonds is 11. The summed E-state index contributed by atoms with van der Waals surface area (Å²) in [6.07, 6.45) is 0. The average molecular weight is 653 g/mol. The monoisotopic (exact) mass is 652 g/mol. The second kappa shape index (κ2) is 13.7. The fraction of sp³-hybridized carbons (Fsp3) is 0.100. The van der Waals surface area contributed by atoms with Crippen molar-refractivity contribution in [2.45, 2.75) is 32.6 Å². The van der Waals surface area contributed by atoms with Crippen LogP contribution < -0.4 is 10.0 Å². The molecule has 7 nitrogen and oxygen atoms in total. The summed E-state index contributed by atoms with van der Waals surface area (Å²) in [6, 6.07) is 29.7. The smallest absolute Gasteiger partial charge is 0.264 e. The minimum Gasteiger partial charge on any atom is -0.322 e. The van der Waals surface area contributed by atoms with Gasteiger partial charge >= 0.3 is 0 Å². The lowest BCUT2D eigenvalue weighted by Gasteiger charge is -2.14. The van der Waals surface area contributed by atoms with Crippen molar-refractivity contribution in [3.05, 3.63) is 124 Å². The lowest BCUT2D eigenvalue weighted by atomic mass is 10.2. The number of anilines is 2. The van der Waals surface area contributed by atoms with Crippen LogP contribution in [0.4, 0.5) is 10.8 Å². The third-order valence-corrected chi connectivity index (χ3v) is 11.1. The molecule has 1 aromatic heterocycles. The van der Waals surface area contributed by atoms with Crippen LogP contribution in [0.1, 0.15) is 27.0 Å². The first-order valence-corrected chi connectivity index (χ1v) is 17.3. The van der Waals surface area contributed by atoms with Gasteiger partial charge in [-0.3, -0.25) is 9.52 Å². The van der Waals surface area contributed by atoms with Crippen LogP contribution in [0.2, 0.25) is 5.02 Å². The minimum absolute atomic E-state index is 0.0399. The zero-order valence-corrected chi connectivity index (χ0v) is 26.3. The van der Waals surface area contributed by atoms with Gasteiger partial charge in [0, 0.05) is 22.1 Å². The van der Waals surface area contributed by atoms with E-state index in [-0.39, 0.29) is 20.6 Å². The molecule has 5 aromatic rings. The third kappa shape index (κ3) is 7.93. The molecule has 0 spiro atoms. The molecule has 0 unspecified atom stereocenters. The topological polar surface area (TPSA) is 101 Å². The number of halogens is 1. The standard InChI is InChI=1S/C30H25ClN4O3S4/c1-20-12-14-23(15-13-20)32-28(36)24-16-27(26(17-25(24)31)39-18-21-8-4-2-5-9-21)42(37,38)35-29-33-34-30(41-29)40-19-22-10-6-3-7-11-22/h2-17H,18-19H2,1H3,(H,32,36)(H,33,35). The van der Waals surface area contributed by atoms with Gasteiger partial charge in [0.15, 0.2) is 4.34 Å². The van der Waals surface area contributed by atoms with E-state index < -0.39 is 15.9 Å². The molecule has 1 amide bonds. The molecule has 1 heterocycles. The van der Waals surface area contributed by atoms with Gasteiger partial charge in [-0.15, -0.1) is 22.0 Å². The van der Waals surface area contributed by atoms with Gasteiger partial charge in [-0.1, -0.05) is 113 Å². The Morgan fingerprint density at radius 2 is 1.48 bits per heavy atom. The summed E-state index contributed by atoms with van der Waals surface area (Å²) in [7, 11) is -4.16. The van der Waals surface area contributed by atoms with E-state index in [1.165, 1.54) is 35.7 Å². The maximum atomic E-state index is 13.7. The number of carbonyl (C=O) groups excluding carboxylic acids is 1. The molecule has 0 aliphatic rings. The summed E-state index contributed by atoms with van der Waals surface area (Å²) in [4.78, 5) is 13.5. The number of hydrogen-bond acceptors (Lipinski definition) is 8. The number of nitrogens with one attached hydrogen (secondary N) is 2. The van der Waals surface area contributed by atoms with Crippen LogP contribution in [0, 0.1) is 6.92 Å². The highest BCUT2D eigenvalue weighted by molar-refractivity contribution is 8.00. The molecular weight excluding hydrogens is 628 g/mol. The summed E-state index contributed by atoms with van der Waals surface area (Å²) in [5, 5.41) is 11.2. The molecule has 0 bridgehead atoms. The normalized spacial score (nSPS) is 11.3. The van der Waals surface area contributed by atoms with Gasteiger partial charge < -0.3 is 5.32 Å². The number of amides is 1. The first-order valence-electron chi connectivity index (χ1n) is 12.7. The number of thioether (sulfide) groups is 2. The maximum absolute atomic E-state index is 13.7. The summed E-state index contributed by atoms with van der Waals surface area (Å²) in [6.45, 7) is 1.95. The van der Waals surface area contributed by atoms with Crippen LogP contribution in [0.15, 0.2) is 111 Å². The molecule has 0 saturated heterocycles. The summed E-state index contributed by atoms with van der Waals surface area (Å²) in [5.74, 6) is 0.669. The first-order chi connectivity index (χ1) is 20.3. The minimum atomic E-state index is -4.16. The van der Waals surface area contributed by atoms with Crippen LogP contribution in [0.25, 0.3) is 0 Å². The second-order valence-corrected chi connectivity index (χ2v) is 14.4. The molecular formula is C30H25ClN4O3S4. The van der Waals surface area contributed by atoms with Crippen molar-refractivity contribution >= 4 is 73.2 Å². The largest absolute Gasteiger partial charge is 0.322 e. The van der Waals surface area contributed by atoms with E-state index in [4.69, 9.17) is 11.6 Å². The van der Waals surface area contributed by atoms with Gasteiger partial charge in [0.05, 0.1) is 10.6 Å². The summed E-state index contributed by atoms with van der Waals surface area (Å²) >= 11 is 10.5. The SMILES string of the molecule is Cc1ccc(NC(=O)c2cc(S(=O)(=O)Nc3nnc(SCc4ccccc4)s3)c(SCc3ccccc3)cc2Cl)cc1. The van der Waals surface area contributed by atoms with Gasteiger partial charge in [0.2, 0.25) is 5.13 Å². The third-order valence-electron chi connectivity index (χ3n) is 5.95. The van der Waals surface area contributed by atoms with Crippen LogP contribution in [-0.4, -0.2) is 24.5 Å². The van der Waals surface area contributed by atoms with Crippen molar-refractivity contribution in [3.63, 3.8) is 0 Å². The molecule has 0 aliphatic carbocycles. The Bertz CT molecular complexity index is 1780. The molecule has 42 heavy (non-hydrogen) atoms. The highest BCUT2D eigenvalue weighted by Crippen LogP contribution is 2.36. The first kappa shape index (κ1) is 30.1. The lowest BCUT2D eigenvalue weighted by Crippen LogP contribution is -2.17. The summed E-state index contributed by atoms with van der Waals surface area (Å²) in [5.41, 5.74) is 3.79. The predicted octanol–water partition coefficient (Wildman–Crippen LogP) is 8.14. The van der Waals surface area contributed by atoms with Crippen molar-refractivity contribution in [3.8, 4) is 0 Å². The van der Waals surface area contributed by atoms with E-state index in [0.29, 0.717) is 26.4 Å². The number of hydrogen-bond donors (Lipinski definition) is 2. The van der Waals surface area contributed by atoms with E-state index in [1.807, 2.05) is 79.7 Å². The van der Waals surface area contributed by atoms with Crippen molar-refractivity contribution in [2.24, 2.45) is 0 Å². The van der Waals surface area contributed by atoms with Gasteiger partial charge in [-0.05, 0) is 42.3 Å². The van der Waals surface area contributed by atoms with Gasteiger partial charge in [0.1, 0.15) is 4.90 Å². The second-order valence-electron chi connectivity index (χ2n) is 9.13. The Balaban J connectivity index is 1.41. The Hall–Kier alpha value is -3.35. The van der Waals surface area contributed by atoms with E-state index >= 15 is 0 Å². The number of aromatic nitrogens is 2. The quantitative estimate of drug-likeness (QED) is 0.139.